The molecule has 4 heteroatoms. The van der Waals surface area contributed by atoms with Gasteiger partial charge in [0.05, 0.1) is 6.04 Å². The fourth-order valence-electron chi connectivity index (χ4n) is 1.67. The molecule has 4 nitrogen and oxygen atoms in total. The first-order chi connectivity index (χ1) is 8.20. The summed E-state index contributed by atoms with van der Waals surface area (Å²) in [5.74, 6) is 0.738. The Kier molecular flexibility index (Phi) is 3.54. The highest BCUT2D eigenvalue weighted by atomic mass is 16.5. The van der Waals surface area contributed by atoms with Crippen LogP contribution in [0.5, 0.6) is 0 Å². The number of nitrogens with two attached hydrogens (primary N) is 1. The van der Waals surface area contributed by atoms with E-state index in [1.807, 2.05) is 25.1 Å². The molecule has 0 aliphatic rings. The van der Waals surface area contributed by atoms with E-state index in [2.05, 4.69) is 17.1 Å². The Morgan fingerprint density at radius 1 is 1.41 bits per heavy atom. The van der Waals surface area contributed by atoms with Crippen molar-refractivity contribution in [3.63, 3.8) is 0 Å². The molecular weight excluding hydrogens is 214 g/mol. The highest BCUT2D eigenvalue weighted by molar-refractivity contribution is 5.57. The summed E-state index contributed by atoms with van der Waals surface area (Å²) in [6.07, 6.45) is 3.73. The minimum Gasteiger partial charge on any atom is -0.359 e. The molecule has 0 radical (unpaired) electrons. The molecule has 0 bridgehead atoms. The van der Waals surface area contributed by atoms with E-state index in [-0.39, 0.29) is 6.04 Å². The van der Waals surface area contributed by atoms with Crippen LogP contribution in [0.15, 0.2) is 28.9 Å². The molecule has 2 heterocycles. The lowest BCUT2D eigenvalue weighted by atomic mass is 10.1. The van der Waals surface area contributed by atoms with Gasteiger partial charge in [0.15, 0.2) is 5.76 Å². The summed E-state index contributed by atoms with van der Waals surface area (Å²) in [6, 6.07) is 5.76. The monoisotopic (exact) mass is 231 g/mol. The maximum absolute atomic E-state index is 5.97. The van der Waals surface area contributed by atoms with Gasteiger partial charge in [-0.1, -0.05) is 18.5 Å². The van der Waals surface area contributed by atoms with E-state index in [4.69, 9.17) is 10.3 Å². The zero-order chi connectivity index (χ0) is 12.3. The maximum Gasteiger partial charge on any atom is 0.154 e. The number of hydrogen-bond donors (Lipinski definition) is 1. The number of pyridine rings is 1. The minimum absolute atomic E-state index is 0.0698. The van der Waals surface area contributed by atoms with Crippen LogP contribution in [-0.4, -0.2) is 10.1 Å². The summed E-state index contributed by atoms with van der Waals surface area (Å²) in [6.45, 7) is 4.05. The van der Waals surface area contributed by atoms with Crippen molar-refractivity contribution in [2.24, 2.45) is 5.73 Å². The van der Waals surface area contributed by atoms with Crippen molar-refractivity contribution < 1.29 is 4.52 Å². The van der Waals surface area contributed by atoms with E-state index in [9.17, 15) is 0 Å². The van der Waals surface area contributed by atoms with Gasteiger partial charge in [-0.3, -0.25) is 4.98 Å². The number of rotatable bonds is 4. The average Bonchev–Trinajstić information content (AvgIpc) is 2.80. The topological polar surface area (TPSA) is 64.9 Å². The highest BCUT2D eigenvalue weighted by Gasteiger charge is 2.12. The molecule has 0 spiro atoms. The molecule has 0 aromatic carbocycles. The summed E-state index contributed by atoms with van der Waals surface area (Å²) in [5, 5.41) is 4.02. The zero-order valence-electron chi connectivity index (χ0n) is 10.2. The van der Waals surface area contributed by atoms with Gasteiger partial charge in [-0.25, -0.2) is 0 Å². The molecule has 0 aliphatic carbocycles. The average molecular weight is 231 g/mol. The molecule has 2 rings (SSSR count). The predicted molar refractivity (Wildman–Crippen MR) is 66.3 cm³/mol. The smallest absolute Gasteiger partial charge is 0.154 e. The molecule has 0 saturated carbocycles. The molecule has 17 heavy (non-hydrogen) atoms. The van der Waals surface area contributed by atoms with Gasteiger partial charge >= 0.3 is 0 Å². The molecular formula is C13H17N3O. The van der Waals surface area contributed by atoms with Crippen LogP contribution in [0.25, 0.3) is 11.3 Å². The number of nitrogens with zero attached hydrogens (tertiary/aromatic N) is 2. The Hall–Kier alpha value is -1.68. The number of aryl methyl sites for hydroxylation is 1. The van der Waals surface area contributed by atoms with Crippen LogP contribution in [0.2, 0.25) is 0 Å². The third-order valence-electron chi connectivity index (χ3n) is 2.70. The predicted octanol–water partition coefficient (Wildman–Crippen LogP) is 2.84. The summed E-state index contributed by atoms with van der Waals surface area (Å²) >= 11 is 0. The quantitative estimate of drug-likeness (QED) is 0.878. The highest BCUT2D eigenvalue weighted by Crippen LogP contribution is 2.23. The summed E-state index contributed by atoms with van der Waals surface area (Å²) < 4.78 is 5.26. The standard InChI is InChI=1S/C13H17N3O/c1-3-4-11(14)13-7-12(16-17-13)10-6-5-9(2)15-8-10/h5-8,11H,3-4,14H2,1-2H3. The molecule has 1 unspecified atom stereocenters. The lowest BCUT2D eigenvalue weighted by Crippen LogP contribution is -2.08. The van der Waals surface area contributed by atoms with Gasteiger partial charge in [0.1, 0.15) is 5.69 Å². The van der Waals surface area contributed by atoms with E-state index in [0.717, 1.165) is 35.6 Å². The summed E-state index contributed by atoms with van der Waals surface area (Å²) in [4.78, 5) is 4.23. The summed E-state index contributed by atoms with van der Waals surface area (Å²) in [7, 11) is 0. The van der Waals surface area contributed by atoms with Gasteiger partial charge < -0.3 is 10.3 Å². The van der Waals surface area contributed by atoms with E-state index in [1.165, 1.54) is 0 Å². The van der Waals surface area contributed by atoms with Gasteiger partial charge in [-0.2, -0.15) is 0 Å². The van der Waals surface area contributed by atoms with Gasteiger partial charge in [-0.05, 0) is 25.5 Å². The SMILES string of the molecule is CCCC(N)c1cc(-c2ccc(C)nc2)no1. The van der Waals surface area contributed by atoms with Crippen molar-refractivity contribution in [1.29, 1.82) is 0 Å². The molecule has 2 aromatic heterocycles. The van der Waals surface area contributed by atoms with Crippen LogP contribution in [-0.2, 0) is 0 Å². The van der Waals surface area contributed by atoms with Crippen LogP contribution in [0.4, 0.5) is 0 Å². The van der Waals surface area contributed by atoms with Crippen LogP contribution < -0.4 is 5.73 Å². The fourth-order valence-corrected chi connectivity index (χ4v) is 1.67. The van der Waals surface area contributed by atoms with Crippen LogP contribution in [0, 0.1) is 6.92 Å². The van der Waals surface area contributed by atoms with Crippen LogP contribution in [0.1, 0.15) is 37.3 Å². The zero-order valence-corrected chi connectivity index (χ0v) is 10.2. The Labute approximate surface area is 101 Å². The Morgan fingerprint density at radius 3 is 2.88 bits per heavy atom. The van der Waals surface area contributed by atoms with E-state index >= 15 is 0 Å². The van der Waals surface area contributed by atoms with Crippen molar-refractivity contribution >= 4 is 0 Å². The second kappa shape index (κ2) is 5.10. The molecule has 90 valence electrons. The van der Waals surface area contributed by atoms with Gasteiger partial charge in [0.25, 0.3) is 0 Å². The summed E-state index contributed by atoms with van der Waals surface area (Å²) in [5.41, 5.74) is 8.70. The molecule has 0 saturated heterocycles. The van der Waals surface area contributed by atoms with Crippen molar-refractivity contribution in [2.45, 2.75) is 32.7 Å². The molecule has 1 atom stereocenters. The van der Waals surface area contributed by atoms with Crippen molar-refractivity contribution in [3.8, 4) is 11.3 Å². The Balaban J connectivity index is 2.20. The van der Waals surface area contributed by atoms with Crippen molar-refractivity contribution in [3.05, 3.63) is 35.9 Å². The normalized spacial score (nSPS) is 12.6. The van der Waals surface area contributed by atoms with Crippen LogP contribution >= 0.6 is 0 Å². The largest absolute Gasteiger partial charge is 0.359 e. The van der Waals surface area contributed by atoms with Gasteiger partial charge in [-0.15, -0.1) is 0 Å². The van der Waals surface area contributed by atoms with E-state index in [0.29, 0.717) is 0 Å². The van der Waals surface area contributed by atoms with E-state index < -0.39 is 0 Å². The first kappa shape index (κ1) is 11.8. The van der Waals surface area contributed by atoms with Crippen molar-refractivity contribution in [2.75, 3.05) is 0 Å². The second-order valence-electron chi connectivity index (χ2n) is 4.20. The molecule has 0 amide bonds. The third-order valence-corrected chi connectivity index (χ3v) is 2.70. The second-order valence-corrected chi connectivity index (χ2v) is 4.20. The number of hydrogen-bond acceptors (Lipinski definition) is 4. The lowest BCUT2D eigenvalue weighted by Gasteiger charge is -2.03. The number of aromatic nitrogens is 2. The lowest BCUT2D eigenvalue weighted by molar-refractivity contribution is 0.356. The fraction of sp³-hybridized carbons (Fsp3) is 0.385. The Morgan fingerprint density at radius 2 is 2.24 bits per heavy atom. The first-order valence-corrected chi connectivity index (χ1v) is 5.86. The molecule has 2 aromatic rings. The third kappa shape index (κ3) is 2.71. The van der Waals surface area contributed by atoms with Crippen molar-refractivity contribution in [1.82, 2.24) is 10.1 Å². The molecule has 0 fully saturated rings. The molecule has 0 aliphatic heterocycles. The van der Waals surface area contributed by atoms with Gasteiger partial charge in [0, 0.05) is 23.5 Å². The van der Waals surface area contributed by atoms with Gasteiger partial charge in [0.2, 0.25) is 0 Å². The van der Waals surface area contributed by atoms with E-state index in [1.54, 1.807) is 6.20 Å². The minimum atomic E-state index is -0.0698. The molecule has 2 N–H and O–H groups in total. The maximum atomic E-state index is 5.97. The first-order valence-electron chi connectivity index (χ1n) is 5.86. The van der Waals surface area contributed by atoms with Crippen LogP contribution in [0.3, 0.4) is 0 Å². The Bertz CT molecular complexity index is 476.